The maximum atomic E-state index is 5.28. The molecule has 0 spiro atoms. The molecule has 0 radical (unpaired) electrons. The molecule has 0 saturated heterocycles. The molecule has 1 aromatic carbocycles. The van der Waals surface area contributed by atoms with Crippen molar-refractivity contribution in [3.63, 3.8) is 0 Å². The number of ether oxygens (including phenoxy) is 1. The monoisotopic (exact) mass is 273 g/mol. The van der Waals surface area contributed by atoms with E-state index in [0.29, 0.717) is 0 Å². The molecule has 0 aliphatic heterocycles. The lowest BCUT2D eigenvalue weighted by Gasteiger charge is -2.12. The molecule has 0 unspecified atom stereocenters. The quantitative estimate of drug-likeness (QED) is 0.788. The third kappa shape index (κ3) is 3.61. The summed E-state index contributed by atoms with van der Waals surface area (Å²) in [5.74, 6) is 1.94. The van der Waals surface area contributed by atoms with E-state index in [-0.39, 0.29) is 0 Å². The molecule has 2 aromatic rings. The van der Waals surface area contributed by atoms with Gasteiger partial charge in [0, 0.05) is 19.3 Å². The standard InChI is InChI=1S/C16H23N3O/c1-4-8-17-10-15-11-18-13(2)19(15)12-14-6-5-7-16(9-14)20-3/h5-7,9,11,17H,4,8,10,12H2,1-3H3. The molecule has 0 saturated carbocycles. The topological polar surface area (TPSA) is 39.1 Å². The lowest BCUT2D eigenvalue weighted by Crippen LogP contribution is -2.17. The lowest BCUT2D eigenvalue weighted by molar-refractivity contribution is 0.414. The van der Waals surface area contributed by atoms with Gasteiger partial charge in [-0.1, -0.05) is 19.1 Å². The van der Waals surface area contributed by atoms with E-state index < -0.39 is 0 Å². The number of imidazole rings is 1. The number of methoxy groups -OCH3 is 1. The minimum atomic E-state index is 0.826. The Kier molecular flexibility index (Phi) is 5.18. The van der Waals surface area contributed by atoms with E-state index in [1.165, 1.54) is 11.3 Å². The molecular formula is C16H23N3O. The molecule has 108 valence electrons. The number of benzene rings is 1. The number of nitrogens with one attached hydrogen (secondary N) is 1. The zero-order valence-electron chi connectivity index (χ0n) is 12.5. The highest BCUT2D eigenvalue weighted by molar-refractivity contribution is 5.29. The van der Waals surface area contributed by atoms with Crippen LogP contribution in [0, 0.1) is 6.92 Å². The molecule has 1 aromatic heterocycles. The van der Waals surface area contributed by atoms with Crippen LogP contribution in [0.15, 0.2) is 30.5 Å². The molecule has 0 atom stereocenters. The normalized spacial score (nSPS) is 10.8. The highest BCUT2D eigenvalue weighted by Crippen LogP contribution is 2.15. The second-order valence-electron chi connectivity index (χ2n) is 4.91. The molecule has 0 aliphatic carbocycles. The molecule has 0 aliphatic rings. The molecule has 1 heterocycles. The van der Waals surface area contributed by atoms with Crippen molar-refractivity contribution in [3.05, 3.63) is 47.5 Å². The second-order valence-corrected chi connectivity index (χ2v) is 4.91. The largest absolute Gasteiger partial charge is 0.497 e. The van der Waals surface area contributed by atoms with Gasteiger partial charge in [-0.3, -0.25) is 0 Å². The fraction of sp³-hybridized carbons (Fsp3) is 0.438. The van der Waals surface area contributed by atoms with Crippen molar-refractivity contribution in [2.75, 3.05) is 13.7 Å². The van der Waals surface area contributed by atoms with Crippen LogP contribution in [0.2, 0.25) is 0 Å². The van der Waals surface area contributed by atoms with Gasteiger partial charge in [-0.15, -0.1) is 0 Å². The van der Waals surface area contributed by atoms with Crippen LogP contribution in [0.25, 0.3) is 0 Å². The van der Waals surface area contributed by atoms with Crippen LogP contribution in [0.5, 0.6) is 5.75 Å². The molecule has 0 bridgehead atoms. The van der Waals surface area contributed by atoms with E-state index in [2.05, 4.69) is 33.9 Å². The van der Waals surface area contributed by atoms with Crippen molar-refractivity contribution >= 4 is 0 Å². The molecule has 2 rings (SSSR count). The van der Waals surface area contributed by atoms with Gasteiger partial charge in [0.25, 0.3) is 0 Å². The summed E-state index contributed by atoms with van der Waals surface area (Å²) >= 11 is 0. The van der Waals surface area contributed by atoms with Crippen LogP contribution < -0.4 is 10.1 Å². The molecule has 4 nitrogen and oxygen atoms in total. The Morgan fingerprint density at radius 1 is 1.35 bits per heavy atom. The van der Waals surface area contributed by atoms with Gasteiger partial charge in [-0.2, -0.15) is 0 Å². The summed E-state index contributed by atoms with van der Waals surface area (Å²) in [6.07, 6.45) is 3.10. The number of nitrogens with zero attached hydrogens (tertiary/aromatic N) is 2. The number of aryl methyl sites for hydroxylation is 1. The van der Waals surface area contributed by atoms with Crippen molar-refractivity contribution < 1.29 is 4.74 Å². The Labute approximate surface area is 120 Å². The number of aromatic nitrogens is 2. The van der Waals surface area contributed by atoms with Crippen LogP contribution in [0.3, 0.4) is 0 Å². The first kappa shape index (κ1) is 14.6. The maximum Gasteiger partial charge on any atom is 0.119 e. The van der Waals surface area contributed by atoms with Gasteiger partial charge in [-0.25, -0.2) is 4.98 Å². The van der Waals surface area contributed by atoms with Crippen LogP contribution in [-0.2, 0) is 13.1 Å². The predicted octanol–water partition coefficient (Wildman–Crippen LogP) is 2.75. The highest BCUT2D eigenvalue weighted by atomic mass is 16.5. The van der Waals surface area contributed by atoms with E-state index in [1.54, 1.807) is 7.11 Å². The van der Waals surface area contributed by atoms with Crippen molar-refractivity contribution in [3.8, 4) is 5.75 Å². The summed E-state index contributed by atoms with van der Waals surface area (Å²) in [7, 11) is 1.70. The number of hydrogen-bond acceptors (Lipinski definition) is 3. The van der Waals surface area contributed by atoms with E-state index in [4.69, 9.17) is 4.74 Å². The van der Waals surface area contributed by atoms with E-state index in [9.17, 15) is 0 Å². The van der Waals surface area contributed by atoms with Crippen LogP contribution in [0.1, 0.15) is 30.4 Å². The third-order valence-corrected chi connectivity index (χ3v) is 3.35. The summed E-state index contributed by atoms with van der Waals surface area (Å²) in [5, 5.41) is 3.43. The van der Waals surface area contributed by atoms with E-state index in [0.717, 1.165) is 37.6 Å². The maximum absolute atomic E-state index is 5.28. The molecule has 20 heavy (non-hydrogen) atoms. The second kappa shape index (κ2) is 7.10. The molecule has 1 N–H and O–H groups in total. The first-order chi connectivity index (χ1) is 9.74. The van der Waals surface area contributed by atoms with Crippen molar-refractivity contribution in [2.24, 2.45) is 0 Å². The Morgan fingerprint density at radius 2 is 2.20 bits per heavy atom. The van der Waals surface area contributed by atoms with Crippen molar-refractivity contribution in [2.45, 2.75) is 33.4 Å². The smallest absolute Gasteiger partial charge is 0.119 e. The van der Waals surface area contributed by atoms with Gasteiger partial charge < -0.3 is 14.6 Å². The van der Waals surface area contributed by atoms with Gasteiger partial charge >= 0.3 is 0 Å². The Morgan fingerprint density at radius 3 is 2.95 bits per heavy atom. The molecular weight excluding hydrogens is 250 g/mol. The number of hydrogen-bond donors (Lipinski definition) is 1. The summed E-state index contributed by atoms with van der Waals surface area (Å²) in [5.41, 5.74) is 2.45. The zero-order valence-corrected chi connectivity index (χ0v) is 12.5. The first-order valence-corrected chi connectivity index (χ1v) is 7.09. The summed E-state index contributed by atoms with van der Waals surface area (Å²) < 4.78 is 7.52. The highest BCUT2D eigenvalue weighted by Gasteiger charge is 2.07. The minimum Gasteiger partial charge on any atom is -0.497 e. The zero-order chi connectivity index (χ0) is 14.4. The summed E-state index contributed by atoms with van der Waals surface area (Å²) in [6.45, 7) is 6.93. The minimum absolute atomic E-state index is 0.826. The molecule has 0 amide bonds. The summed E-state index contributed by atoms with van der Waals surface area (Å²) in [6, 6.07) is 8.18. The Hall–Kier alpha value is -1.81. The average Bonchev–Trinajstić information content (AvgIpc) is 2.81. The predicted molar refractivity (Wildman–Crippen MR) is 81.1 cm³/mol. The molecule has 4 heteroatoms. The third-order valence-electron chi connectivity index (χ3n) is 3.35. The van der Waals surface area contributed by atoms with E-state index >= 15 is 0 Å². The lowest BCUT2D eigenvalue weighted by atomic mass is 10.2. The fourth-order valence-corrected chi connectivity index (χ4v) is 2.22. The van der Waals surface area contributed by atoms with Crippen molar-refractivity contribution in [1.29, 1.82) is 0 Å². The van der Waals surface area contributed by atoms with Crippen LogP contribution >= 0.6 is 0 Å². The number of rotatable bonds is 7. The fourth-order valence-electron chi connectivity index (χ4n) is 2.22. The van der Waals surface area contributed by atoms with Crippen LogP contribution in [0.4, 0.5) is 0 Å². The van der Waals surface area contributed by atoms with Crippen molar-refractivity contribution in [1.82, 2.24) is 14.9 Å². The van der Waals surface area contributed by atoms with Gasteiger partial charge in [0.2, 0.25) is 0 Å². The molecule has 0 fully saturated rings. The average molecular weight is 273 g/mol. The van der Waals surface area contributed by atoms with E-state index in [1.807, 2.05) is 25.3 Å². The van der Waals surface area contributed by atoms with Gasteiger partial charge in [-0.05, 0) is 37.6 Å². The SMILES string of the molecule is CCCNCc1cnc(C)n1Cc1cccc(OC)c1. The Bertz CT molecular complexity index is 548. The van der Waals surface area contributed by atoms with Gasteiger partial charge in [0.15, 0.2) is 0 Å². The van der Waals surface area contributed by atoms with Gasteiger partial charge in [0.1, 0.15) is 11.6 Å². The first-order valence-electron chi connectivity index (χ1n) is 7.09. The van der Waals surface area contributed by atoms with Gasteiger partial charge in [0.05, 0.1) is 12.8 Å². The van der Waals surface area contributed by atoms with Crippen LogP contribution in [-0.4, -0.2) is 23.2 Å². The Balaban J connectivity index is 2.13. The summed E-state index contributed by atoms with van der Waals surface area (Å²) in [4.78, 5) is 4.43.